The van der Waals surface area contributed by atoms with E-state index in [1.807, 2.05) is 19.1 Å². The van der Waals surface area contributed by atoms with E-state index in [4.69, 9.17) is 9.40 Å². The Labute approximate surface area is 196 Å². The van der Waals surface area contributed by atoms with Gasteiger partial charge in [-0.2, -0.15) is 4.98 Å². The maximum absolute atomic E-state index is 13.0. The van der Waals surface area contributed by atoms with Gasteiger partial charge < -0.3 is 9.32 Å². The van der Waals surface area contributed by atoms with Crippen molar-refractivity contribution in [2.45, 2.75) is 51.7 Å². The summed E-state index contributed by atoms with van der Waals surface area (Å²) in [5, 5.41) is 2.34. The van der Waals surface area contributed by atoms with Gasteiger partial charge in [0.15, 0.2) is 17.1 Å². The van der Waals surface area contributed by atoms with Crippen molar-refractivity contribution in [3.63, 3.8) is 0 Å². The maximum Gasteiger partial charge on any atom is 0.255 e. The number of nitrogens with zero attached hydrogens (tertiary/aromatic N) is 4. The molecule has 3 aliphatic rings. The van der Waals surface area contributed by atoms with Crippen LogP contribution in [-0.4, -0.2) is 56.6 Å². The van der Waals surface area contributed by atoms with Gasteiger partial charge in [0.1, 0.15) is 6.04 Å². The first-order valence-corrected chi connectivity index (χ1v) is 11.7. The number of likely N-dealkylation sites (tertiary alicyclic amines) is 1. The number of amides is 3. The van der Waals surface area contributed by atoms with Gasteiger partial charge in [-0.15, -0.1) is 0 Å². The van der Waals surface area contributed by atoms with E-state index in [1.54, 1.807) is 11.0 Å². The minimum atomic E-state index is -0.624. The highest BCUT2D eigenvalue weighted by molar-refractivity contribution is 6.05. The average molecular weight is 460 g/mol. The lowest BCUT2D eigenvalue weighted by Crippen LogP contribution is -2.52. The van der Waals surface area contributed by atoms with Gasteiger partial charge in [-0.3, -0.25) is 24.6 Å². The molecule has 5 heterocycles. The fraction of sp³-hybridized carbons (Fsp3) is 0.400. The zero-order valence-electron chi connectivity index (χ0n) is 19.0. The van der Waals surface area contributed by atoms with Gasteiger partial charge in [0, 0.05) is 43.1 Å². The largest absolute Gasteiger partial charge is 0.439 e. The van der Waals surface area contributed by atoms with Crippen molar-refractivity contribution in [3.05, 3.63) is 46.8 Å². The van der Waals surface area contributed by atoms with Crippen molar-refractivity contribution in [3.8, 4) is 11.3 Å². The highest BCUT2D eigenvalue weighted by Crippen LogP contribution is 2.32. The van der Waals surface area contributed by atoms with Crippen LogP contribution in [0, 0.1) is 6.92 Å². The highest BCUT2D eigenvalue weighted by Gasteiger charge is 2.39. The molecule has 3 aliphatic heterocycles. The van der Waals surface area contributed by atoms with Crippen LogP contribution in [0.5, 0.6) is 0 Å². The number of hydrogen-bond donors (Lipinski definition) is 1. The molecule has 0 aliphatic carbocycles. The van der Waals surface area contributed by atoms with E-state index in [0.717, 1.165) is 47.6 Å². The smallest absolute Gasteiger partial charge is 0.255 e. The van der Waals surface area contributed by atoms with Gasteiger partial charge in [0.05, 0.1) is 5.69 Å². The predicted molar refractivity (Wildman–Crippen MR) is 123 cm³/mol. The Morgan fingerprint density at radius 3 is 2.74 bits per heavy atom. The summed E-state index contributed by atoms with van der Waals surface area (Å²) in [6.07, 6.45) is 3.00. The second kappa shape index (κ2) is 8.02. The van der Waals surface area contributed by atoms with E-state index >= 15 is 0 Å². The van der Waals surface area contributed by atoms with Gasteiger partial charge in [-0.1, -0.05) is 6.07 Å². The van der Waals surface area contributed by atoms with E-state index in [9.17, 15) is 14.4 Å². The molecule has 1 N–H and O–H groups in total. The minimum absolute atomic E-state index is 0.179. The zero-order chi connectivity index (χ0) is 23.4. The molecule has 1 atom stereocenters. The van der Waals surface area contributed by atoms with Crippen molar-refractivity contribution in [1.29, 1.82) is 0 Å². The molecule has 0 saturated carbocycles. The molecule has 1 aromatic carbocycles. The van der Waals surface area contributed by atoms with Crippen LogP contribution >= 0.6 is 0 Å². The number of aromatic nitrogens is 2. The molecule has 0 bridgehead atoms. The average Bonchev–Trinajstić information content (AvgIpc) is 3.53. The monoisotopic (exact) mass is 459 g/mol. The molecule has 3 aromatic rings. The molecule has 0 radical (unpaired) electrons. The normalized spacial score (nSPS) is 20.9. The molecule has 2 saturated heterocycles. The summed E-state index contributed by atoms with van der Waals surface area (Å²) in [6.45, 7) is 5.09. The topological polar surface area (TPSA) is 109 Å². The number of piperidine rings is 1. The first kappa shape index (κ1) is 21.0. The third-order valence-electron chi connectivity index (χ3n) is 6.96. The van der Waals surface area contributed by atoms with Crippen LogP contribution in [0.15, 0.2) is 28.7 Å². The number of fused-ring (bicyclic) bond motifs is 2. The van der Waals surface area contributed by atoms with Crippen LogP contribution < -0.4 is 5.32 Å². The van der Waals surface area contributed by atoms with Gasteiger partial charge >= 0.3 is 0 Å². The molecule has 9 nitrogen and oxygen atoms in total. The Balaban J connectivity index is 1.33. The van der Waals surface area contributed by atoms with E-state index in [2.05, 4.69) is 21.3 Å². The molecule has 2 aromatic heterocycles. The van der Waals surface area contributed by atoms with Crippen molar-refractivity contribution in [2.75, 3.05) is 13.1 Å². The summed E-state index contributed by atoms with van der Waals surface area (Å²) >= 11 is 0. The van der Waals surface area contributed by atoms with Crippen molar-refractivity contribution in [1.82, 2.24) is 25.1 Å². The van der Waals surface area contributed by atoms with Gasteiger partial charge in [0.25, 0.3) is 5.91 Å². The van der Waals surface area contributed by atoms with Crippen LogP contribution in [0.4, 0.5) is 0 Å². The number of pyridine rings is 1. The summed E-state index contributed by atoms with van der Waals surface area (Å²) in [5.74, 6) is -0.289. The summed E-state index contributed by atoms with van der Waals surface area (Å²) in [7, 11) is 0. The second-order valence-corrected chi connectivity index (χ2v) is 9.31. The molecule has 6 rings (SSSR count). The van der Waals surface area contributed by atoms with Crippen LogP contribution in [0.1, 0.15) is 53.1 Å². The Morgan fingerprint density at radius 1 is 1.12 bits per heavy atom. The standard InChI is InChI=1S/C25H25N5O4/c1-14-26-23-22(34-14)17(12-29-8-2-3-9-29)11-19(27-23)15-4-5-18-16(10-15)13-30(25(18)33)20-6-7-21(31)28-24(20)32/h4-5,10-11,20H,2-3,6-9,12-13H2,1H3,(H,28,31,32). The number of hydrogen-bond acceptors (Lipinski definition) is 7. The molecule has 9 heteroatoms. The number of imide groups is 1. The van der Waals surface area contributed by atoms with Gasteiger partial charge in [-0.25, -0.2) is 4.98 Å². The summed E-state index contributed by atoms with van der Waals surface area (Å²) in [4.78, 5) is 50.1. The third kappa shape index (κ3) is 3.56. The number of aryl methyl sites for hydroxylation is 1. The number of oxazole rings is 1. The lowest BCUT2D eigenvalue weighted by atomic mass is 10.0. The first-order chi connectivity index (χ1) is 16.5. The molecular formula is C25H25N5O4. The van der Waals surface area contributed by atoms with E-state index in [-0.39, 0.29) is 18.2 Å². The molecular weight excluding hydrogens is 434 g/mol. The molecule has 1 unspecified atom stereocenters. The van der Waals surface area contributed by atoms with Gasteiger partial charge in [0.2, 0.25) is 11.8 Å². The number of carbonyl (C=O) groups is 3. The number of benzene rings is 1. The Bertz CT molecular complexity index is 1340. The lowest BCUT2D eigenvalue weighted by molar-refractivity contribution is -0.136. The molecule has 2 fully saturated rings. The Hall–Kier alpha value is -3.59. The summed E-state index contributed by atoms with van der Waals surface area (Å²) in [5.41, 5.74) is 5.49. The van der Waals surface area contributed by atoms with E-state index < -0.39 is 11.9 Å². The zero-order valence-corrected chi connectivity index (χ0v) is 19.0. The van der Waals surface area contributed by atoms with Crippen LogP contribution in [-0.2, 0) is 22.7 Å². The maximum atomic E-state index is 13.0. The van der Waals surface area contributed by atoms with Crippen molar-refractivity contribution in [2.24, 2.45) is 0 Å². The minimum Gasteiger partial charge on any atom is -0.439 e. The first-order valence-electron chi connectivity index (χ1n) is 11.7. The molecule has 3 amide bonds. The van der Waals surface area contributed by atoms with Gasteiger partial charge in [-0.05, 0) is 56.1 Å². The fourth-order valence-electron chi connectivity index (χ4n) is 5.26. The molecule has 34 heavy (non-hydrogen) atoms. The quantitative estimate of drug-likeness (QED) is 0.597. The lowest BCUT2D eigenvalue weighted by Gasteiger charge is -2.29. The third-order valence-corrected chi connectivity index (χ3v) is 6.96. The molecule has 0 spiro atoms. The second-order valence-electron chi connectivity index (χ2n) is 9.31. The molecule has 174 valence electrons. The highest BCUT2D eigenvalue weighted by atomic mass is 16.3. The van der Waals surface area contributed by atoms with Crippen molar-refractivity contribution < 1.29 is 18.8 Å². The van der Waals surface area contributed by atoms with E-state index in [0.29, 0.717) is 30.1 Å². The Kier molecular flexibility index (Phi) is 4.95. The van der Waals surface area contributed by atoms with Crippen LogP contribution in [0.2, 0.25) is 0 Å². The number of nitrogens with one attached hydrogen (secondary N) is 1. The van der Waals surface area contributed by atoms with Crippen LogP contribution in [0.3, 0.4) is 0 Å². The van der Waals surface area contributed by atoms with E-state index in [1.165, 1.54) is 12.8 Å². The predicted octanol–water partition coefficient (Wildman–Crippen LogP) is 2.56. The number of rotatable bonds is 4. The number of carbonyl (C=O) groups excluding carboxylic acids is 3. The summed E-state index contributed by atoms with van der Waals surface area (Å²) in [6, 6.07) is 7.10. The fourth-order valence-corrected chi connectivity index (χ4v) is 5.26. The summed E-state index contributed by atoms with van der Waals surface area (Å²) < 4.78 is 5.87. The Morgan fingerprint density at radius 2 is 1.94 bits per heavy atom. The van der Waals surface area contributed by atoms with Crippen LogP contribution in [0.25, 0.3) is 22.5 Å². The SMILES string of the molecule is Cc1nc2nc(-c3ccc4c(c3)CN(C3CCC(=O)NC3=O)C4=O)cc(CN3CCCC3)c2o1. The van der Waals surface area contributed by atoms with Crippen molar-refractivity contribution >= 4 is 29.0 Å².